The van der Waals surface area contributed by atoms with Gasteiger partial charge in [-0.05, 0) is 13.0 Å². The molecule has 0 radical (unpaired) electrons. The van der Waals surface area contributed by atoms with Gasteiger partial charge in [0, 0.05) is 6.54 Å². The summed E-state index contributed by atoms with van der Waals surface area (Å²) in [4.78, 5) is 0. The van der Waals surface area contributed by atoms with Crippen molar-refractivity contribution in [3.63, 3.8) is 0 Å². The van der Waals surface area contributed by atoms with Gasteiger partial charge in [-0.25, -0.2) is 8.42 Å². The van der Waals surface area contributed by atoms with Gasteiger partial charge in [0.1, 0.15) is 0 Å². The highest BCUT2D eigenvalue weighted by atomic mass is 32.2. The van der Waals surface area contributed by atoms with Gasteiger partial charge in [0.25, 0.3) is 0 Å². The second kappa shape index (κ2) is 3.32. The number of hydrogen-bond donors (Lipinski definition) is 2. The van der Waals surface area contributed by atoms with Crippen molar-refractivity contribution in [2.24, 2.45) is 0 Å². The minimum absolute atomic E-state index is 0.0903. The van der Waals surface area contributed by atoms with E-state index in [2.05, 4.69) is 5.32 Å². The van der Waals surface area contributed by atoms with E-state index in [0.717, 1.165) is 6.54 Å². The van der Waals surface area contributed by atoms with E-state index >= 15 is 0 Å². The number of hydrogen-bond acceptors (Lipinski definition) is 4. The molecule has 1 heterocycles. The van der Waals surface area contributed by atoms with Crippen molar-refractivity contribution in [3.8, 4) is 0 Å². The second-order valence-electron chi connectivity index (χ2n) is 3.35. The van der Waals surface area contributed by atoms with E-state index in [1.165, 1.54) is 0 Å². The summed E-state index contributed by atoms with van der Waals surface area (Å²) in [5, 5.41) is 12.7. The molecule has 1 aliphatic rings. The maximum absolute atomic E-state index is 11.0. The highest BCUT2D eigenvalue weighted by molar-refractivity contribution is 7.91. The lowest BCUT2D eigenvalue weighted by atomic mass is 10.0. The Morgan fingerprint density at radius 3 is 2.67 bits per heavy atom. The van der Waals surface area contributed by atoms with Crippen LogP contribution in [0, 0.1) is 0 Å². The fraction of sp³-hybridized carbons (Fsp3) is 1.00. The second-order valence-corrected chi connectivity index (χ2v) is 5.53. The van der Waals surface area contributed by atoms with E-state index in [0.29, 0.717) is 13.0 Å². The Morgan fingerprint density at radius 2 is 2.25 bits per heavy atom. The van der Waals surface area contributed by atoms with Crippen molar-refractivity contribution in [2.45, 2.75) is 18.9 Å². The van der Waals surface area contributed by atoms with Crippen LogP contribution < -0.4 is 5.32 Å². The van der Waals surface area contributed by atoms with Gasteiger partial charge in [0.15, 0.2) is 9.84 Å². The van der Waals surface area contributed by atoms with Gasteiger partial charge in [-0.2, -0.15) is 0 Å². The number of aliphatic hydroxyl groups is 1. The predicted molar refractivity (Wildman–Crippen MR) is 46.8 cm³/mol. The summed E-state index contributed by atoms with van der Waals surface area (Å²) in [7, 11) is -2.97. The largest absolute Gasteiger partial charge is 0.387 e. The van der Waals surface area contributed by atoms with Crippen LogP contribution in [0.1, 0.15) is 13.3 Å². The average molecular weight is 193 g/mol. The van der Waals surface area contributed by atoms with Crippen molar-refractivity contribution in [1.82, 2.24) is 5.32 Å². The lowest BCUT2D eigenvalue weighted by Gasteiger charge is -2.20. The molecular weight excluding hydrogens is 178 g/mol. The zero-order valence-electron chi connectivity index (χ0n) is 7.21. The van der Waals surface area contributed by atoms with Gasteiger partial charge in [-0.15, -0.1) is 0 Å². The molecule has 12 heavy (non-hydrogen) atoms. The third kappa shape index (κ3) is 2.43. The van der Waals surface area contributed by atoms with Crippen LogP contribution >= 0.6 is 0 Å². The summed E-state index contributed by atoms with van der Waals surface area (Å²) in [6.45, 7) is 3.05. The fourth-order valence-electron chi connectivity index (χ4n) is 1.40. The van der Waals surface area contributed by atoms with E-state index in [4.69, 9.17) is 0 Å². The van der Waals surface area contributed by atoms with Crippen LogP contribution in [-0.2, 0) is 9.84 Å². The third-order valence-electron chi connectivity index (χ3n) is 2.07. The molecule has 1 unspecified atom stereocenters. The van der Waals surface area contributed by atoms with Crippen LogP contribution in [0.2, 0.25) is 0 Å². The standard InChI is InChI=1S/C7H15NO3S/c1-2-8-5-7(9)3-4-12(10,11)6-7/h8-9H,2-6H2,1H3. The minimum Gasteiger partial charge on any atom is -0.387 e. The first-order valence-corrected chi connectivity index (χ1v) is 5.93. The molecule has 72 valence electrons. The zero-order chi connectivity index (χ0) is 9.24. The first kappa shape index (κ1) is 9.95. The molecule has 1 aliphatic heterocycles. The lowest BCUT2D eigenvalue weighted by molar-refractivity contribution is 0.0679. The molecule has 0 bridgehead atoms. The Bertz CT molecular complexity index is 249. The molecule has 1 atom stereocenters. The molecule has 2 N–H and O–H groups in total. The lowest BCUT2D eigenvalue weighted by Crippen LogP contribution is -2.41. The minimum atomic E-state index is -2.97. The van der Waals surface area contributed by atoms with Gasteiger partial charge in [-0.1, -0.05) is 6.92 Å². The van der Waals surface area contributed by atoms with Crippen LogP contribution in [0.5, 0.6) is 0 Å². The number of nitrogens with one attached hydrogen (secondary N) is 1. The van der Waals surface area contributed by atoms with Crippen molar-refractivity contribution >= 4 is 9.84 Å². The van der Waals surface area contributed by atoms with Gasteiger partial charge >= 0.3 is 0 Å². The summed E-state index contributed by atoms with van der Waals surface area (Å²) in [5.41, 5.74) is -1.02. The first-order valence-electron chi connectivity index (χ1n) is 4.11. The molecule has 1 saturated heterocycles. The Hall–Kier alpha value is -0.130. The molecule has 0 amide bonds. The molecule has 5 heteroatoms. The van der Waals surface area contributed by atoms with Gasteiger partial charge in [0.2, 0.25) is 0 Å². The monoisotopic (exact) mass is 193 g/mol. The van der Waals surface area contributed by atoms with E-state index in [-0.39, 0.29) is 11.5 Å². The molecule has 1 rings (SSSR count). The average Bonchev–Trinajstić information content (AvgIpc) is 2.23. The van der Waals surface area contributed by atoms with Crippen LogP contribution in [0.15, 0.2) is 0 Å². The molecule has 0 saturated carbocycles. The van der Waals surface area contributed by atoms with Gasteiger partial charge in [-0.3, -0.25) is 0 Å². The smallest absolute Gasteiger partial charge is 0.153 e. The number of sulfone groups is 1. The topological polar surface area (TPSA) is 66.4 Å². The number of likely N-dealkylation sites (N-methyl/N-ethyl adjacent to an activating group) is 1. The maximum atomic E-state index is 11.0. The van der Waals surface area contributed by atoms with Crippen LogP contribution in [0.3, 0.4) is 0 Å². The maximum Gasteiger partial charge on any atom is 0.153 e. The van der Waals surface area contributed by atoms with Crippen molar-refractivity contribution < 1.29 is 13.5 Å². The van der Waals surface area contributed by atoms with Crippen molar-refractivity contribution in [3.05, 3.63) is 0 Å². The molecule has 0 aromatic rings. The van der Waals surface area contributed by atoms with Crippen LogP contribution in [0.4, 0.5) is 0 Å². The quantitative estimate of drug-likeness (QED) is 0.612. The summed E-state index contributed by atoms with van der Waals surface area (Å²) in [6, 6.07) is 0. The first-order chi connectivity index (χ1) is 5.47. The van der Waals surface area contributed by atoms with E-state index in [1.807, 2.05) is 6.92 Å². The van der Waals surface area contributed by atoms with Crippen molar-refractivity contribution in [1.29, 1.82) is 0 Å². The van der Waals surface area contributed by atoms with Gasteiger partial charge in [0.05, 0.1) is 17.1 Å². The summed E-state index contributed by atoms with van der Waals surface area (Å²) < 4.78 is 22.0. The van der Waals surface area contributed by atoms with Crippen molar-refractivity contribution in [2.75, 3.05) is 24.6 Å². The Morgan fingerprint density at radius 1 is 1.58 bits per heavy atom. The molecular formula is C7H15NO3S. The fourth-order valence-corrected chi connectivity index (χ4v) is 3.30. The highest BCUT2D eigenvalue weighted by Gasteiger charge is 2.39. The Labute approximate surface area is 72.9 Å². The SMILES string of the molecule is CCNCC1(O)CCS(=O)(=O)C1. The normalized spacial score (nSPS) is 33.8. The highest BCUT2D eigenvalue weighted by Crippen LogP contribution is 2.22. The number of rotatable bonds is 3. The van der Waals surface area contributed by atoms with E-state index in [1.54, 1.807) is 0 Å². The molecule has 0 spiro atoms. The zero-order valence-corrected chi connectivity index (χ0v) is 8.02. The Balaban J connectivity index is 2.53. The van der Waals surface area contributed by atoms with Crippen LogP contribution in [-0.4, -0.2) is 43.7 Å². The molecule has 0 aromatic heterocycles. The summed E-state index contributed by atoms with van der Waals surface area (Å²) in [6.07, 6.45) is 0.363. The van der Waals surface area contributed by atoms with Gasteiger partial charge < -0.3 is 10.4 Å². The molecule has 0 aliphatic carbocycles. The molecule has 0 aromatic carbocycles. The Kier molecular flexibility index (Phi) is 2.75. The molecule has 4 nitrogen and oxygen atoms in total. The van der Waals surface area contributed by atoms with Crippen LogP contribution in [0.25, 0.3) is 0 Å². The predicted octanol–water partition coefficient (Wildman–Crippen LogP) is -0.854. The van der Waals surface area contributed by atoms with E-state index in [9.17, 15) is 13.5 Å². The summed E-state index contributed by atoms with van der Waals surface area (Å²) in [5.74, 6) is 0.0297. The molecule has 1 fully saturated rings. The van der Waals surface area contributed by atoms with E-state index < -0.39 is 15.4 Å². The third-order valence-corrected chi connectivity index (χ3v) is 3.87. The summed E-state index contributed by atoms with van der Waals surface area (Å²) >= 11 is 0.